The second kappa shape index (κ2) is 7.47. The van der Waals surface area contributed by atoms with Crippen LogP contribution < -0.4 is 4.90 Å². The average molecular weight is 405 g/mol. The predicted octanol–water partition coefficient (Wildman–Crippen LogP) is 4.74. The Balaban J connectivity index is 1.92. The summed E-state index contributed by atoms with van der Waals surface area (Å²) in [6.45, 7) is 4.99. The largest absolute Gasteiger partial charge is 0.417 e. The van der Waals surface area contributed by atoms with Gasteiger partial charge in [-0.25, -0.2) is 4.98 Å². The molecule has 0 saturated carbocycles. The molecule has 2 unspecified atom stereocenters. The average Bonchev–Trinajstić information content (AvgIpc) is 2.95. The van der Waals surface area contributed by atoms with Gasteiger partial charge in [0.15, 0.2) is 0 Å². The second-order valence-electron chi connectivity index (χ2n) is 6.75. The van der Waals surface area contributed by atoms with Crippen LogP contribution in [0.1, 0.15) is 36.2 Å². The molecule has 2 heterocycles. The first-order valence-electron chi connectivity index (χ1n) is 8.70. The number of pyridine rings is 1. The van der Waals surface area contributed by atoms with E-state index in [2.05, 4.69) is 4.98 Å². The number of halogens is 3. The molecule has 0 saturated heterocycles. The van der Waals surface area contributed by atoms with Crippen molar-refractivity contribution in [1.82, 2.24) is 4.98 Å². The third-order valence-corrected chi connectivity index (χ3v) is 5.69. The summed E-state index contributed by atoms with van der Waals surface area (Å²) in [5, 5.41) is 8.52. The molecule has 2 atom stereocenters. The van der Waals surface area contributed by atoms with E-state index in [-0.39, 0.29) is 22.7 Å². The van der Waals surface area contributed by atoms with E-state index in [1.807, 2.05) is 31.2 Å². The monoisotopic (exact) mass is 405 g/mol. The smallest absolute Gasteiger partial charge is 0.308 e. The molecule has 0 N–H and O–H groups in total. The normalized spacial score (nSPS) is 17.2. The Hall–Kier alpha value is -2.53. The quantitative estimate of drug-likeness (QED) is 0.692. The predicted molar refractivity (Wildman–Crippen MR) is 101 cm³/mol. The van der Waals surface area contributed by atoms with E-state index in [4.69, 9.17) is 0 Å². The SMILES string of the molecule is Cc1cc(C(F)(F)F)c(C#N)c(SC(C)C(=O)N2c3ccccc3CC2C)n1. The third kappa shape index (κ3) is 3.72. The highest BCUT2D eigenvalue weighted by Crippen LogP contribution is 2.38. The van der Waals surface area contributed by atoms with Crippen molar-refractivity contribution in [2.24, 2.45) is 0 Å². The molecule has 8 heteroatoms. The molecule has 0 radical (unpaired) electrons. The summed E-state index contributed by atoms with van der Waals surface area (Å²) in [6.07, 6.45) is -3.94. The van der Waals surface area contributed by atoms with Gasteiger partial charge in [0, 0.05) is 17.4 Å². The number of anilines is 1. The summed E-state index contributed by atoms with van der Waals surface area (Å²) >= 11 is 0.886. The van der Waals surface area contributed by atoms with E-state index < -0.39 is 22.6 Å². The maximum atomic E-state index is 13.3. The van der Waals surface area contributed by atoms with Crippen molar-refractivity contribution >= 4 is 23.4 Å². The van der Waals surface area contributed by atoms with Crippen LogP contribution in [-0.4, -0.2) is 22.2 Å². The van der Waals surface area contributed by atoms with Gasteiger partial charge in [0.2, 0.25) is 5.91 Å². The second-order valence-corrected chi connectivity index (χ2v) is 8.08. The number of nitrogens with zero attached hydrogens (tertiary/aromatic N) is 3. The number of para-hydroxylation sites is 1. The number of carbonyl (C=O) groups excluding carboxylic acids is 1. The number of hydrogen-bond acceptors (Lipinski definition) is 4. The van der Waals surface area contributed by atoms with Crippen molar-refractivity contribution in [1.29, 1.82) is 5.26 Å². The molecule has 3 rings (SSSR count). The van der Waals surface area contributed by atoms with Gasteiger partial charge >= 0.3 is 6.18 Å². The van der Waals surface area contributed by atoms with Gasteiger partial charge < -0.3 is 4.90 Å². The summed E-state index contributed by atoms with van der Waals surface area (Å²) in [5.41, 5.74) is 0.461. The number of fused-ring (bicyclic) bond motifs is 1. The van der Waals surface area contributed by atoms with Crippen LogP contribution in [0.3, 0.4) is 0 Å². The van der Waals surface area contributed by atoms with E-state index in [1.54, 1.807) is 17.9 Å². The van der Waals surface area contributed by atoms with Crippen molar-refractivity contribution < 1.29 is 18.0 Å². The van der Waals surface area contributed by atoms with Crippen LogP contribution in [0.4, 0.5) is 18.9 Å². The van der Waals surface area contributed by atoms with Crippen LogP contribution in [-0.2, 0) is 17.4 Å². The summed E-state index contributed by atoms with van der Waals surface area (Å²) in [7, 11) is 0. The molecule has 0 aliphatic carbocycles. The molecule has 1 amide bonds. The van der Waals surface area contributed by atoms with Crippen molar-refractivity contribution in [3.63, 3.8) is 0 Å². The highest BCUT2D eigenvalue weighted by Gasteiger charge is 2.37. The molecule has 1 aromatic carbocycles. The number of benzene rings is 1. The molecule has 1 aliphatic heterocycles. The van der Waals surface area contributed by atoms with E-state index in [9.17, 15) is 23.2 Å². The minimum atomic E-state index is -4.66. The highest BCUT2D eigenvalue weighted by molar-refractivity contribution is 8.00. The lowest BCUT2D eigenvalue weighted by Gasteiger charge is -2.26. The molecule has 0 bridgehead atoms. The number of aryl methyl sites for hydroxylation is 1. The third-order valence-electron chi connectivity index (χ3n) is 4.61. The van der Waals surface area contributed by atoms with Crippen LogP contribution in [0.15, 0.2) is 35.4 Å². The summed E-state index contributed by atoms with van der Waals surface area (Å²) < 4.78 is 39.9. The molecule has 146 valence electrons. The van der Waals surface area contributed by atoms with Gasteiger partial charge in [-0.15, -0.1) is 0 Å². The zero-order valence-electron chi connectivity index (χ0n) is 15.5. The minimum Gasteiger partial charge on any atom is -0.308 e. The van der Waals surface area contributed by atoms with Gasteiger partial charge in [-0.3, -0.25) is 4.79 Å². The van der Waals surface area contributed by atoms with Crippen molar-refractivity contribution in [2.75, 3.05) is 4.90 Å². The number of amides is 1. The first kappa shape index (κ1) is 20.2. The molecule has 1 aromatic heterocycles. The first-order chi connectivity index (χ1) is 13.1. The van der Waals surface area contributed by atoms with Gasteiger partial charge in [0.05, 0.1) is 16.4 Å². The summed E-state index contributed by atoms with van der Waals surface area (Å²) in [6, 6.07) is 10.0. The topological polar surface area (TPSA) is 57.0 Å². The number of alkyl halides is 3. The lowest BCUT2D eigenvalue weighted by molar-refractivity contribution is -0.138. The number of hydrogen-bond donors (Lipinski definition) is 0. The lowest BCUT2D eigenvalue weighted by Crippen LogP contribution is -2.40. The Morgan fingerprint density at radius 2 is 2.07 bits per heavy atom. The maximum absolute atomic E-state index is 13.3. The van der Waals surface area contributed by atoms with Crippen molar-refractivity contribution in [3.8, 4) is 6.07 Å². The Morgan fingerprint density at radius 3 is 2.71 bits per heavy atom. The number of carbonyl (C=O) groups is 1. The molecule has 4 nitrogen and oxygen atoms in total. The Morgan fingerprint density at radius 1 is 1.39 bits per heavy atom. The van der Waals surface area contributed by atoms with E-state index in [0.717, 1.165) is 35.5 Å². The lowest BCUT2D eigenvalue weighted by atomic mass is 10.1. The summed E-state index contributed by atoms with van der Waals surface area (Å²) in [4.78, 5) is 18.8. The van der Waals surface area contributed by atoms with E-state index in [0.29, 0.717) is 0 Å². The van der Waals surface area contributed by atoms with Crippen molar-refractivity contribution in [2.45, 2.75) is 49.7 Å². The van der Waals surface area contributed by atoms with Crippen LogP contribution in [0, 0.1) is 18.3 Å². The fraction of sp³-hybridized carbons (Fsp3) is 0.350. The molecule has 2 aromatic rings. The van der Waals surface area contributed by atoms with Gasteiger partial charge in [-0.05, 0) is 44.9 Å². The number of thioether (sulfide) groups is 1. The molecule has 1 aliphatic rings. The van der Waals surface area contributed by atoms with E-state index in [1.165, 1.54) is 6.92 Å². The molecule has 0 spiro atoms. The van der Waals surface area contributed by atoms with Gasteiger partial charge in [0.1, 0.15) is 11.1 Å². The Bertz CT molecular complexity index is 968. The molecule has 28 heavy (non-hydrogen) atoms. The molecular formula is C20H18F3N3OS. The minimum absolute atomic E-state index is 0.0420. The molecule has 0 fully saturated rings. The van der Waals surface area contributed by atoms with Crippen molar-refractivity contribution in [3.05, 3.63) is 52.7 Å². The zero-order chi connectivity index (χ0) is 20.6. The number of aromatic nitrogens is 1. The van der Waals surface area contributed by atoms with Crippen LogP contribution >= 0.6 is 11.8 Å². The summed E-state index contributed by atoms with van der Waals surface area (Å²) in [5.74, 6) is -0.219. The maximum Gasteiger partial charge on any atom is 0.417 e. The Kier molecular flexibility index (Phi) is 5.39. The van der Waals surface area contributed by atoms with Gasteiger partial charge in [-0.1, -0.05) is 30.0 Å². The van der Waals surface area contributed by atoms with Crippen LogP contribution in [0.2, 0.25) is 0 Å². The molecular weight excluding hydrogens is 387 g/mol. The fourth-order valence-electron chi connectivity index (χ4n) is 3.38. The van der Waals surface area contributed by atoms with Gasteiger partial charge in [-0.2, -0.15) is 18.4 Å². The number of rotatable bonds is 3. The van der Waals surface area contributed by atoms with Crippen LogP contribution in [0.25, 0.3) is 0 Å². The highest BCUT2D eigenvalue weighted by atomic mass is 32.2. The number of nitriles is 1. The van der Waals surface area contributed by atoms with Gasteiger partial charge in [0.25, 0.3) is 0 Å². The Labute approximate surface area is 165 Å². The van der Waals surface area contributed by atoms with E-state index >= 15 is 0 Å². The zero-order valence-corrected chi connectivity index (χ0v) is 16.4. The first-order valence-corrected chi connectivity index (χ1v) is 9.58. The standard InChI is InChI=1S/C20H18F3N3OS/c1-11-8-16(20(21,22)23)15(10-24)18(25-11)28-13(3)19(27)26-12(2)9-14-6-4-5-7-17(14)26/h4-8,12-13H,9H2,1-3H3. The fourth-order valence-corrected chi connectivity index (χ4v) is 4.40. The van der Waals surface area contributed by atoms with Crippen LogP contribution in [0.5, 0.6) is 0 Å².